The zero-order valence-corrected chi connectivity index (χ0v) is 30.6. The molecule has 3 aliphatic rings. The number of benzene rings is 2. The van der Waals surface area contributed by atoms with Gasteiger partial charge in [-0.05, 0) is 68.3 Å². The maximum absolute atomic E-state index is 13.7. The number of amides is 1. The number of carboxylic acids is 1. The topological polar surface area (TPSA) is 126 Å². The molecule has 1 aliphatic carbocycles. The van der Waals surface area contributed by atoms with E-state index in [0.29, 0.717) is 34.8 Å². The van der Waals surface area contributed by atoms with Gasteiger partial charge in [-0.1, -0.05) is 41.9 Å². The van der Waals surface area contributed by atoms with E-state index in [-0.39, 0.29) is 24.0 Å². The lowest BCUT2D eigenvalue weighted by atomic mass is 9.81. The smallest absolute Gasteiger partial charge is 0.306 e. The van der Waals surface area contributed by atoms with E-state index < -0.39 is 5.97 Å². The van der Waals surface area contributed by atoms with Crippen molar-refractivity contribution >= 4 is 34.9 Å². The molecular weight excluding hydrogens is 666 g/mol. The van der Waals surface area contributed by atoms with Gasteiger partial charge in [-0.3, -0.25) is 19.3 Å². The summed E-state index contributed by atoms with van der Waals surface area (Å²) in [6.45, 7) is 6.17. The molecule has 12 heteroatoms. The molecule has 0 unspecified atom stereocenters. The number of hydrogen-bond donors (Lipinski definition) is 2. The van der Waals surface area contributed by atoms with E-state index in [1.165, 1.54) is 0 Å². The summed E-state index contributed by atoms with van der Waals surface area (Å²) in [4.78, 5) is 52.7. The molecule has 0 bridgehead atoms. The van der Waals surface area contributed by atoms with Crippen LogP contribution in [0, 0.1) is 18.8 Å². The van der Waals surface area contributed by atoms with Gasteiger partial charge in [-0.15, -0.1) is 0 Å². The van der Waals surface area contributed by atoms with Crippen LogP contribution in [0.25, 0.3) is 11.1 Å². The third kappa shape index (κ3) is 6.99. The molecule has 2 aromatic heterocycles. The zero-order valence-electron chi connectivity index (χ0n) is 29.8. The Bertz CT molecular complexity index is 2010. The maximum atomic E-state index is 13.7. The minimum atomic E-state index is -0.677. The van der Waals surface area contributed by atoms with Gasteiger partial charge in [0.05, 0.1) is 28.0 Å². The van der Waals surface area contributed by atoms with E-state index in [9.17, 15) is 19.5 Å². The molecule has 0 spiro atoms. The second-order valence-electron chi connectivity index (χ2n) is 14.6. The van der Waals surface area contributed by atoms with E-state index in [2.05, 4.69) is 22.2 Å². The van der Waals surface area contributed by atoms with Crippen molar-refractivity contribution in [2.24, 2.45) is 25.9 Å². The number of aliphatic carboxylic acids is 1. The van der Waals surface area contributed by atoms with Crippen molar-refractivity contribution in [2.45, 2.75) is 65.0 Å². The van der Waals surface area contributed by atoms with Crippen molar-refractivity contribution in [3.8, 4) is 11.1 Å². The highest BCUT2D eigenvalue weighted by Crippen LogP contribution is 2.37. The Morgan fingerprint density at radius 2 is 1.51 bits per heavy atom. The third-order valence-electron chi connectivity index (χ3n) is 11.3. The fraction of sp³-hybridized carbons (Fsp3) is 0.462. The SMILES string of the molecule is Cc1c(CC(=O)c2nc3c(n2C)CCN(C)C3)cccc1-c1cccc(NC(=O)c2nc3c(n2C)CCN(CC2CCC(C(=O)O)CC2)C3)c1Cl. The van der Waals surface area contributed by atoms with Gasteiger partial charge in [-0.2, -0.15) is 0 Å². The molecule has 0 saturated heterocycles. The van der Waals surface area contributed by atoms with Gasteiger partial charge >= 0.3 is 5.97 Å². The van der Waals surface area contributed by atoms with Crippen LogP contribution in [0.5, 0.6) is 0 Å². The first kappa shape index (κ1) is 35.1. The van der Waals surface area contributed by atoms with Crippen LogP contribution in [-0.4, -0.2) is 78.4 Å². The number of Topliss-reactive ketones (excluding diaryl/α,β-unsaturated/α-hetero) is 1. The van der Waals surface area contributed by atoms with Crippen molar-refractivity contribution in [3.63, 3.8) is 0 Å². The van der Waals surface area contributed by atoms with Crippen molar-refractivity contribution in [1.29, 1.82) is 0 Å². The molecular formula is C39H46ClN7O4. The second-order valence-corrected chi connectivity index (χ2v) is 15.0. The van der Waals surface area contributed by atoms with Crippen LogP contribution in [0.3, 0.4) is 0 Å². The van der Waals surface area contributed by atoms with Crippen LogP contribution in [0.1, 0.15) is 80.8 Å². The number of hydrogen-bond acceptors (Lipinski definition) is 7. The van der Waals surface area contributed by atoms with E-state index in [4.69, 9.17) is 21.6 Å². The minimum Gasteiger partial charge on any atom is -0.481 e. The van der Waals surface area contributed by atoms with Gasteiger partial charge in [0.2, 0.25) is 5.78 Å². The lowest BCUT2D eigenvalue weighted by Crippen LogP contribution is -2.36. The number of imidazole rings is 2. The van der Waals surface area contributed by atoms with Gasteiger partial charge in [0.1, 0.15) is 0 Å². The summed E-state index contributed by atoms with van der Waals surface area (Å²) >= 11 is 7.00. The number of fused-ring (bicyclic) bond motifs is 2. The number of carbonyl (C=O) groups is 3. The standard InChI is InChI=1S/C39H46ClN7O4/c1-23-26(19-34(48)36-41-30-21-44(2)17-15-32(30)45(36)3)7-5-8-27(23)28-9-6-10-29(35(28)40)43-38(49)37-42-31-22-47(18-16-33(31)46(37)4)20-24-11-13-25(14-12-24)39(50)51/h5-10,24-25H,11-22H2,1-4H3,(H,43,49)(H,50,51). The molecule has 7 rings (SSSR count). The molecule has 2 aromatic carbocycles. The minimum absolute atomic E-state index is 0.0225. The molecule has 268 valence electrons. The zero-order chi connectivity index (χ0) is 36.0. The predicted octanol–water partition coefficient (Wildman–Crippen LogP) is 5.70. The number of nitrogens with one attached hydrogen (secondary N) is 1. The van der Waals surface area contributed by atoms with E-state index in [1.807, 2.05) is 60.5 Å². The Labute approximate surface area is 303 Å². The summed E-state index contributed by atoms with van der Waals surface area (Å²) in [5.74, 6) is 0.0762. The Morgan fingerprint density at radius 1 is 0.863 bits per heavy atom. The van der Waals surface area contributed by atoms with Gasteiger partial charge in [0.15, 0.2) is 11.6 Å². The van der Waals surface area contributed by atoms with Gasteiger partial charge < -0.3 is 24.5 Å². The number of ketones is 1. The Morgan fingerprint density at radius 3 is 2.25 bits per heavy atom. The molecule has 4 heterocycles. The number of anilines is 1. The molecule has 11 nitrogen and oxygen atoms in total. The van der Waals surface area contributed by atoms with Crippen LogP contribution < -0.4 is 5.32 Å². The van der Waals surface area contributed by atoms with E-state index in [0.717, 1.165) is 110 Å². The van der Waals surface area contributed by atoms with Crippen molar-refractivity contribution in [1.82, 2.24) is 28.9 Å². The first-order valence-corrected chi connectivity index (χ1v) is 18.3. The largest absolute Gasteiger partial charge is 0.481 e. The fourth-order valence-corrected chi connectivity index (χ4v) is 8.52. The fourth-order valence-electron chi connectivity index (χ4n) is 8.24. The highest BCUT2D eigenvalue weighted by molar-refractivity contribution is 6.36. The number of aromatic nitrogens is 4. The highest BCUT2D eigenvalue weighted by atomic mass is 35.5. The van der Waals surface area contributed by atoms with Crippen LogP contribution >= 0.6 is 11.6 Å². The number of rotatable bonds is 9. The number of halogens is 1. The Hall–Kier alpha value is -4.32. The maximum Gasteiger partial charge on any atom is 0.306 e. The molecule has 1 amide bonds. The van der Waals surface area contributed by atoms with Crippen molar-refractivity contribution < 1.29 is 19.5 Å². The molecule has 2 aliphatic heterocycles. The molecule has 0 atom stereocenters. The summed E-state index contributed by atoms with van der Waals surface area (Å²) in [6.07, 6.45) is 5.25. The first-order valence-electron chi connectivity index (χ1n) is 17.9. The van der Waals surface area contributed by atoms with Gasteiger partial charge in [0, 0.05) is 83.0 Å². The molecule has 4 aromatic rings. The average Bonchev–Trinajstić information content (AvgIpc) is 3.62. The first-order chi connectivity index (χ1) is 24.5. The average molecular weight is 712 g/mol. The third-order valence-corrected chi connectivity index (χ3v) is 11.7. The summed E-state index contributed by atoms with van der Waals surface area (Å²) in [5, 5.41) is 12.8. The predicted molar refractivity (Wildman–Crippen MR) is 196 cm³/mol. The quantitative estimate of drug-likeness (QED) is 0.212. The summed E-state index contributed by atoms with van der Waals surface area (Å²) < 4.78 is 3.84. The summed E-state index contributed by atoms with van der Waals surface area (Å²) in [5.41, 5.74) is 8.09. The van der Waals surface area contributed by atoms with E-state index in [1.54, 1.807) is 6.07 Å². The number of carbonyl (C=O) groups excluding carboxylic acids is 2. The Balaban J connectivity index is 1.04. The Kier molecular flexibility index (Phi) is 9.88. The van der Waals surface area contributed by atoms with Crippen LogP contribution in [-0.2, 0) is 51.2 Å². The highest BCUT2D eigenvalue weighted by Gasteiger charge is 2.31. The van der Waals surface area contributed by atoms with Gasteiger partial charge in [0.25, 0.3) is 5.91 Å². The van der Waals surface area contributed by atoms with Crippen LogP contribution in [0.4, 0.5) is 5.69 Å². The van der Waals surface area contributed by atoms with Crippen LogP contribution in [0.15, 0.2) is 36.4 Å². The van der Waals surface area contributed by atoms with Crippen molar-refractivity contribution in [3.05, 3.63) is 87.0 Å². The van der Waals surface area contributed by atoms with Gasteiger partial charge in [-0.25, -0.2) is 9.97 Å². The molecule has 0 radical (unpaired) electrons. The van der Waals surface area contributed by atoms with Crippen LogP contribution in [0.2, 0.25) is 5.02 Å². The van der Waals surface area contributed by atoms with E-state index >= 15 is 0 Å². The molecule has 2 N–H and O–H groups in total. The molecule has 1 saturated carbocycles. The lowest BCUT2D eigenvalue weighted by Gasteiger charge is -2.33. The number of likely N-dealkylation sites (N-methyl/N-ethyl adjacent to an activating group) is 1. The lowest BCUT2D eigenvalue weighted by molar-refractivity contribution is -0.143. The second kappa shape index (κ2) is 14.4. The molecule has 1 fully saturated rings. The summed E-state index contributed by atoms with van der Waals surface area (Å²) in [7, 11) is 5.89. The molecule has 51 heavy (non-hydrogen) atoms. The normalized spacial score (nSPS) is 19.4. The number of carboxylic acid groups (broad SMARTS) is 1. The number of nitrogens with zero attached hydrogens (tertiary/aromatic N) is 6. The van der Waals surface area contributed by atoms with Crippen molar-refractivity contribution in [2.75, 3.05) is 32.0 Å². The monoisotopic (exact) mass is 711 g/mol. The summed E-state index contributed by atoms with van der Waals surface area (Å²) in [6, 6.07) is 11.5.